The maximum absolute atomic E-state index is 13.4. The van der Waals surface area contributed by atoms with E-state index >= 15 is 0 Å². The molecule has 1 N–H and O–H groups in total. The third kappa shape index (κ3) is 7.92. The maximum atomic E-state index is 13.4. The van der Waals surface area contributed by atoms with Gasteiger partial charge in [-0.3, -0.25) is 19.2 Å². The highest BCUT2D eigenvalue weighted by molar-refractivity contribution is 7.92. The van der Waals surface area contributed by atoms with Gasteiger partial charge in [0.2, 0.25) is 0 Å². The van der Waals surface area contributed by atoms with Crippen molar-refractivity contribution in [3.63, 3.8) is 0 Å². The minimum Gasteiger partial charge on any atom is -0.494 e. The second-order valence-corrected chi connectivity index (χ2v) is 10.7. The zero-order chi connectivity index (χ0) is 30.0. The number of non-ortho nitro benzene ring substituents is 1. The van der Waals surface area contributed by atoms with Crippen LogP contribution in [0.4, 0.5) is 11.4 Å². The fourth-order valence-corrected chi connectivity index (χ4v) is 5.23. The Morgan fingerprint density at radius 1 is 0.905 bits per heavy atom. The molecule has 0 aliphatic rings. The molecule has 0 unspecified atom stereocenters. The number of nitrogens with zero attached hydrogens (tertiary/aromatic N) is 3. The van der Waals surface area contributed by atoms with Crippen molar-refractivity contribution in [1.29, 1.82) is 0 Å². The van der Waals surface area contributed by atoms with Crippen LogP contribution in [0.15, 0.2) is 113 Å². The largest absolute Gasteiger partial charge is 0.494 e. The molecule has 0 saturated carbocycles. The molecule has 12 heteroatoms. The number of carbonyl (C=O) groups is 1. The predicted octanol–water partition coefficient (Wildman–Crippen LogP) is 4.92. The van der Waals surface area contributed by atoms with E-state index in [0.717, 1.165) is 9.87 Å². The fourth-order valence-electron chi connectivity index (χ4n) is 3.79. The third-order valence-corrected chi connectivity index (χ3v) is 7.68. The van der Waals surface area contributed by atoms with Crippen molar-refractivity contribution in [2.75, 3.05) is 17.5 Å². The lowest BCUT2D eigenvalue weighted by Gasteiger charge is -2.24. The van der Waals surface area contributed by atoms with Crippen LogP contribution in [0.25, 0.3) is 0 Å². The van der Waals surface area contributed by atoms with Crippen molar-refractivity contribution >= 4 is 33.5 Å². The SMILES string of the molecule is CCOc1ccc(N(CC(=O)N/N=C\c2ccc(OCc3ccc([N+](=O)[O-])cc3)cc2)S(=O)(=O)c2ccccc2)cc1. The second-order valence-electron chi connectivity index (χ2n) is 8.83. The Bertz CT molecular complexity index is 1630. The molecule has 216 valence electrons. The van der Waals surface area contributed by atoms with E-state index in [0.29, 0.717) is 29.4 Å². The number of nitrogens with one attached hydrogen (secondary N) is 1. The Morgan fingerprint density at radius 2 is 1.52 bits per heavy atom. The minimum atomic E-state index is -4.05. The number of nitro benzene ring substituents is 1. The fraction of sp³-hybridized carbons (Fsp3) is 0.133. The van der Waals surface area contributed by atoms with Gasteiger partial charge in [0.1, 0.15) is 24.7 Å². The number of hydrogen-bond donors (Lipinski definition) is 1. The van der Waals surface area contributed by atoms with E-state index in [-0.39, 0.29) is 17.2 Å². The molecule has 1 amide bonds. The number of nitro groups is 1. The first-order valence-corrected chi connectivity index (χ1v) is 14.3. The molecule has 0 radical (unpaired) electrons. The van der Waals surface area contributed by atoms with Crippen molar-refractivity contribution in [2.24, 2.45) is 5.10 Å². The molecule has 4 rings (SSSR count). The molecule has 0 bridgehead atoms. The van der Waals surface area contributed by atoms with Crippen LogP contribution in [-0.2, 0) is 21.4 Å². The van der Waals surface area contributed by atoms with Crippen LogP contribution in [0.2, 0.25) is 0 Å². The van der Waals surface area contributed by atoms with Gasteiger partial charge in [-0.1, -0.05) is 18.2 Å². The van der Waals surface area contributed by atoms with Gasteiger partial charge in [-0.05, 0) is 90.8 Å². The van der Waals surface area contributed by atoms with Gasteiger partial charge in [0.15, 0.2) is 0 Å². The van der Waals surface area contributed by atoms with Crippen molar-refractivity contribution in [3.8, 4) is 11.5 Å². The quantitative estimate of drug-likeness (QED) is 0.133. The monoisotopic (exact) mass is 588 g/mol. The van der Waals surface area contributed by atoms with Crippen LogP contribution in [0.5, 0.6) is 11.5 Å². The molecule has 0 aliphatic heterocycles. The molecule has 0 fully saturated rings. The summed E-state index contributed by atoms with van der Waals surface area (Å²) in [6.07, 6.45) is 1.42. The summed E-state index contributed by atoms with van der Waals surface area (Å²) in [6.45, 7) is 2.04. The number of sulfonamides is 1. The molecule has 4 aromatic carbocycles. The normalized spacial score (nSPS) is 11.2. The van der Waals surface area contributed by atoms with E-state index in [1.54, 1.807) is 78.9 Å². The van der Waals surface area contributed by atoms with Crippen LogP contribution in [-0.4, -0.2) is 38.6 Å². The van der Waals surface area contributed by atoms with Gasteiger partial charge in [0.25, 0.3) is 21.6 Å². The van der Waals surface area contributed by atoms with E-state index in [1.807, 2.05) is 6.92 Å². The second kappa shape index (κ2) is 13.9. The number of ether oxygens (including phenoxy) is 2. The summed E-state index contributed by atoms with van der Waals surface area (Å²) in [7, 11) is -4.05. The molecule has 11 nitrogen and oxygen atoms in total. The standard InChI is InChI=1S/C30H28N4O7S/c1-2-40-27-18-14-25(15-19-27)33(42(38,39)29-6-4-3-5-7-29)21-30(35)32-31-20-23-10-16-28(17-11-23)41-22-24-8-12-26(13-9-24)34(36)37/h3-20H,2,21-22H2,1H3,(H,32,35)/b31-20-. The third-order valence-electron chi connectivity index (χ3n) is 5.89. The highest BCUT2D eigenvalue weighted by Crippen LogP contribution is 2.26. The first-order valence-electron chi connectivity index (χ1n) is 12.8. The average Bonchev–Trinajstić information content (AvgIpc) is 3.01. The summed E-state index contributed by atoms with van der Waals surface area (Å²) in [5.74, 6) is 0.518. The van der Waals surface area contributed by atoms with Crippen molar-refractivity contribution in [1.82, 2.24) is 5.43 Å². The Hall–Kier alpha value is -5.23. The number of anilines is 1. The van der Waals surface area contributed by atoms with Gasteiger partial charge < -0.3 is 9.47 Å². The molecular formula is C30H28N4O7S. The summed E-state index contributed by atoms with van der Waals surface area (Å²) in [5.41, 5.74) is 4.13. The topological polar surface area (TPSA) is 140 Å². The van der Waals surface area contributed by atoms with E-state index in [2.05, 4.69) is 10.5 Å². The van der Waals surface area contributed by atoms with E-state index in [4.69, 9.17) is 9.47 Å². The van der Waals surface area contributed by atoms with Crippen molar-refractivity contribution in [2.45, 2.75) is 18.4 Å². The van der Waals surface area contributed by atoms with Crippen LogP contribution in [0.1, 0.15) is 18.1 Å². The summed E-state index contributed by atoms with van der Waals surface area (Å²) >= 11 is 0. The minimum absolute atomic E-state index is 0.0103. The van der Waals surface area contributed by atoms with Crippen LogP contribution < -0.4 is 19.2 Å². The molecule has 4 aromatic rings. The molecule has 0 heterocycles. The molecule has 0 saturated heterocycles. The lowest BCUT2D eigenvalue weighted by Crippen LogP contribution is -2.39. The van der Waals surface area contributed by atoms with Gasteiger partial charge in [0.05, 0.1) is 28.3 Å². The molecule has 0 spiro atoms. The van der Waals surface area contributed by atoms with Crippen LogP contribution >= 0.6 is 0 Å². The van der Waals surface area contributed by atoms with Gasteiger partial charge in [0, 0.05) is 12.1 Å². The van der Waals surface area contributed by atoms with Crippen LogP contribution in [0, 0.1) is 10.1 Å². The number of hydrazone groups is 1. The smallest absolute Gasteiger partial charge is 0.269 e. The van der Waals surface area contributed by atoms with Gasteiger partial charge in [-0.2, -0.15) is 5.10 Å². The highest BCUT2D eigenvalue weighted by Gasteiger charge is 2.27. The highest BCUT2D eigenvalue weighted by atomic mass is 32.2. The Balaban J connectivity index is 1.38. The zero-order valence-corrected chi connectivity index (χ0v) is 23.4. The van der Waals surface area contributed by atoms with E-state index in [9.17, 15) is 23.3 Å². The van der Waals surface area contributed by atoms with Crippen LogP contribution in [0.3, 0.4) is 0 Å². The number of benzene rings is 4. The average molecular weight is 589 g/mol. The molecular weight excluding hydrogens is 560 g/mol. The lowest BCUT2D eigenvalue weighted by atomic mass is 10.2. The zero-order valence-electron chi connectivity index (χ0n) is 22.6. The number of carbonyl (C=O) groups excluding carboxylic acids is 1. The van der Waals surface area contributed by atoms with Gasteiger partial charge in [-0.15, -0.1) is 0 Å². The molecule has 0 atom stereocenters. The summed E-state index contributed by atoms with van der Waals surface area (Å²) < 4.78 is 39.0. The molecule has 42 heavy (non-hydrogen) atoms. The summed E-state index contributed by atoms with van der Waals surface area (Å²) in [5, 5.41) is 14.7. The Kier molecular flexibility index (Phi) is 9.85. The molecule has 0 aliphatic carbocycles. The van der Waals surface area contributed by atoms with E-state index < -0.39 is 27.4 Å². The lowest BCUT2D eigenvalue weighted by molar-refractivity contribution is -0.384. The van der Waals surface area contributed by atoms with Gasteiger partial charge in [-0.25, -0.2) is 13.8 Å². The van der Waals surface area contributed by atoms with E-state index in [1.165, 1.54) is 30.5 Å². The predicted molar refractivity (Wildman–Crippen MR) is 158 cm³/mol. The number of rotatable bonds is 13. The van der Waals surface area contributed by atoms with Crippen molar-refractivity contribution in [3.05, 3.63) is 124 Å². The Morgan fingerprint density at radius 3 is 2.14 bits per heavy atom. The summed E-state index contributed by atoms with van der Waals surface area (Å²) in [6, 6.07) is 27.3. The molecule has 0 aromatic heterocycles. The maximum Gasteiger partial charge on any atom is 0.269 e. The summed E-state index contributed by atoms with van der Waals surface area (Å²) in [4.78, 5) is 23.1. The number of hydrogen-bond acceptors (Lipinski definition) is 8. The first kappa shape index (κ1) is 29.7. The number of amides is 1. The van der Waals surface area contributed by atoms with Crippen molar-refractivity contribution < 1.29 is 27.6 Å². The van der Waals surface area contributed by atoms with Gasteiger partial charge >= 0.3 is 0 Å². The first-order chi connectivity index (χ1) is 20.3. The Labute approximate surface area is 243 Å².